The summed E-state index contributed by atoms with van der Waals surface area (Å²) in [5.74, 6) is 2.55. The van der Waals surface area contributed by atoms with Crippen molar-refractivity contribution < 1.29 is 4.74 Å². The molecule has 0 saturated carbocycles. The van der Waals surface area contributed by atoms with E-state index in [4.69, 9.17) is 9.72 Å². The Morgan fingerprint density at radius 3 is 2.58 bits per heavy atom. The minimum Gasteiger partial charge on any atom is -0.497 e. The lowest BCUT2D eigenvalue weighted by Gasteiger charge is -2.22. The van der Waals surface area contributed by atoms with Gasteiger partial charge >= 0.3 is 0 Å². The first-order valence-corrected chi connectivity index (χ1v) is 9.13. The first kappa shape index (κ1) is 18.0. The third kappa shape index (κ3) is 4.04. The smallest absolute Gasteiger partial charge is 0.225 e. The molecule has 26 heavy (non-hydrogen) atoms. The third-order valence-corrected chi connectivity index (χ3v) is 4.48. The van der Waals surface area contributed by atoms with E-state index in [0.29, 0.717) is 5.95 Å². The van der Waals surface area contributed by atoms with Crippen LogP contribution in [0, 0.1) is 0 Å². The Bertz CT molecular complexity index is 862. The van der Waals surface area contributed by atoms with Crippen LogP contribution < -0.4 is 15.0 Å². The van der Waals surface area contributed by atoms with Gasteiger partial charge in [0.2, 0.25) is 5.95 Å². The highest BCUT2D eigenvalue weighted by atomic mass is 16.5. The van der Waals surface area contributed by atoms with E-state index >= 15 is 0 Å². The molecule has 2 aromatic carbocycles. The number of methoxy groups -OCH3 is 1. The van der Waals surface area contributed by atoms with Crippen molar-refractivity contribution in [1.29, 1.82) is 0 Å². The van der Waals surface area contributed by atoms with Crippen LogP contribution in [0.3, 0.4) is 0 Å². The van der Waals surface area contributed by atoms with Gasteiger partial charge in [-0.1, -0.05) is 24.3 Å². The number of benzene rings is 2. The van der Waals surface area contributed by atoms with E-state index in [9.17, 15) is 0 Å². The topological polar surface area (TPSA) is 50.3 Å². The van der Waals surface area contributed by atoms with Gasteiger partial charge in [-0.15, -0.1) is 0 Å². The van der Waals surface area contributed by atoms with E-state index in [1.54, 1.807) is 7.11 Å². The van der Waals surface area contributed by atoms with Gasteiger partial charge in [0, 0.05) is 25.0 Å². The fourth-order valence-corrected chi connectivity index (χ4v) is 3.05. The van der Waals surface area contributed by atoms with Crippen molar-refractivity contribution >= 4 is 22.7 Å². The molecule has 0 aliphatic heterocycles. The summed E-state index contributed by atoms with van der Waals surface area (Å²) in [5, 5.41) is 4.47. The zero-order valence-corrected chi connectivity index (χ0v) is 15.7. The van der Waals surface area contributed by atoms with E-state index in [0.717, 1.165) is 48.5 Å². The average molecular weight is 350 g/mol. The summed E-state index contributed by atoms with van der Waals surface area (Å²) in [5.41, 5.74) is 2.19. The quantitative estimate of drug-likeness (QED) is 0.662. The Balaban J connectivity index is 1.79. The first-order valence-electron chi connectivity index (χ1n) is 9.13. The summed E-state index contributed by atoms with van der Waals surface area (Å²) in [6.45, 7) is 6.90. The zero-order valence-electron chi connectivity index (χ0n) is 15.7. The number of fused-ring (bicyclic) bond motifs is 1. The number of aromatic nitrogens is 2. The largest absolute Gasteiger partial charge is 0.497 e. The van der Waals surface area contributed by atoms with Crippen molar-refractivity contribution in [2.24, 2.45) is 0 Å². The van der Waals surface area contributed by atoms with Gasteiger partial charge < -0.3 is 15.0 Å². The lowest BCUT2D eigenvalue weighted by Crippen LogP contribution is -2.24. The second kappa shape index (κ2) is 8.52. The van der Waals surface area contributed by atoms with Gasteiger partial charge in [0.25, 0.3) is 0 Å². The van der Waals surface area contributed by atoms with Crippen molar-refractivity contribution in [3.05, 3.63) is 54.1 Å². The summed E-state index contributed by atoms with van der Waals surface area (Å²) in [6.07, 6.45) is 0.883. The third-order valence-electron chi connectivity index (χ3n) is 4.48. The molecule has 0 aliphatic carbocycles. The minimum absolute atomic E-state index is 0.675. The Morgan fingerprint density at radius 1 is 1.00 bits per heavy atom. The number of rotatable bonds is 8. The van der Waals surface area contributed by atoms with E-state index in [2.05, 4.69) is 47.2 Å². The summed E-state index contributed by atoms with van der Waals surface area (Å²) in [4.78, 5) is 11.7. The van der Waals surface area contributed by atoms with Crippen molar-refractivity contribution in [1.82, 2.24) is 9.97 Å². The lowest BCUT2D eigenvalue weighted by atomic mass is 10.1. The molecule has 1 heterocycles. The molecular formula is C21H26N4O. The van der Waals surface area contributed by atoms with E-state index < -0.39 is 0 Å². The maximum atomic E-state index is 5.28. The van der Waals surface area contributed by atoms with Crippen LogP contribution in [0.25, 0.3) is 10.9 Å². The second-order valence-corrected chi connectivity index (χ2v) is 6.09. The monoisotopic (exact) mass is 350 g/mol. The highest BCUT2D eigenvalue weighted by Gasteiger charge is 2.12. The number of hydrogen-bond acceptors (Lipinski definition) is 5. The molecule has 5 heteroatoms. The highest BCUT2D eigenvalue weighted by Crippen LogP contribution is 2.25. The molecule has 0 fully saturated rings. The molecule has 0 amide bonds. The number of para-hydroxylation sites is 1. The lowest BCUT2D eigenvalue weighted by molar-refractivity contribution is 0.414. The summed E-state index contributed by atoms with van der Waals surface area (Å²) < 4.78 is 5.28. The normalized spacial score (nSPS) is 10.7. The maximum absolute atomic E-state index is 5.28. The number of nitrogens with zero attached hydrogens (tertiary/aromatic N) is 3. The van der Waals surface area contributed by atoms with E-state index in [1.807, 2.05) is 30.3 Å². The Morgan fingerprint density at radius 2 is 1.81 bits per heavy atom. The molecule has 3 aromatic rings. The van der Waals surface area contributed by atoms with E-state index in [-0.39, 0.29) is 0 Å². The molecule has 0 unspecified atom stereocenters. The van der Waals surface area contributed by atoms with Crippen LogP contribution in [0.1, 0.15) is 19.4 Å². The summed E-state index contributed by atoms with van der Waals surface area (Å²) in [7, 11) is 1.69. The van der Waals surface area contributed by atoms with Crippen LogP contribution in [0.4, 0.5) is 11.8 Å². The molecule has 0 saturated heterocycles. The molecule has 3 rings (SSSR count). The molecule has 0 atom stereocenters. The molecule has 0 spiro atoms. The van der Waals surface area contributed by atoms with Crippen LogP contribution in [-0.2, 0) is 6.42 Å². The maximum Gasteiger partial charge on any atom is 0.225 e. The summed E-state index contributed by atoms with van der Waals surface area (Å²) >= 11 is 0. The minimum atomic E-state index is 0.675. The van der Waals surface area contributed by atoms with Crippen molar-refractivity contribution in [2.75, 3.05) is 37.0 Å². The molecule has 0 radical (unpaired) electrons. The van der Waals surface area contributed by atoms with Gasteiger partial charge in [0.05, 0.1) is 12.6 Å². The fourth-order valence-electron chi connectivity index (χ4n) is 3.05. The molecule has 136 valence electrons. The van der Waals surface area contributed by atoms with Gasteiger partial charge in [-0.25, -0.2) is 4.98 Å². The number of hydrogen-bond donors (Lipinski definition) is 1. The molecule has 5 nitrogen and oxygen atoms in total. The highest BCUT2D eigenvalue weighted by molar-refractivity contribution is 5.90. The predicted octanol–water partition coefficient (Wildman–Crippen LogP) is 4.14. The number of nitrogens with one attached hydrogen (secondary N) is 1. The Kier molecular flexibility index (Phi) is 5.89. The molecule has 0 bridgehead atoms. The zero-order chi connectivity index (χ0) is 18.4. The van der Waals surface area contributed by atoms with Crippen LogP contribution in [-0.4, -0.2) is 36.7 Å². The van der Waals surface area contributed by atoms with Crippen LogP contribution in [0.15, 0.2) is 48.5 Å². The fraction of sp³-hybridized carbons (Fsp3) is 0.333. The first-order chi connectivity index (χ1) is 12.7. The van der Waals surface area contributed by atoms with Gasteiger partial charge in [0.15, 0.2) is 0 Å². The van der Waals surface area contributed by atoms with E-state index in [1.165, 1.54) is 5.56 Å². The predicted molar refractivity (Wildman–Crippen MR) is 108 cm³/mol. The Labute approximate surface area is 155 Å². The van der Waals surface area contributed by atoms with Gasteiger partial charge in [-0.05, 0) is 50.1 Å². The van der Waals surface area contributed by atoms with Crippen LogP contribution >= 0.6 is 0 Å². The molecule has 1 N–H and O–H groups in total. The average Bonchev–Trinajstić information content (AvgIpc) is 2.69. The van der Waals surface area contributed by atoms with Crippen molar-refractivity contribution in [3.63, 3.8) is 0 Å². The van der Waals surface area contributed by atoms with Gasteiger partial charge in [-0.3, -0.25) is 0 Å². The van der Waals surface area contributed by atoms with Crippen LogP contribution in [0.5, 0.6) is 5.75 Å². The SMILES string of the molecule is CCN(CC)c1nc(NCCc2cccc(OC)c2)nc2ccccc12. The van der Waals surface area contributed by atoms with Crippen molar-refractivity contribution in [2.45, 2.75) is 20.3 Å². The molecule has 1 aromatic heterocycles. The van der Waals surface area contributed by atoms with Gasteiger partial charge in [-0.2, -0.15) is 4.98 Å². The second-order valence-electron chi connectivity index (χ2n) is 6.09. The summed E-state index contributed by atoms with van der Waals surface area (Å²) in [6, 6.07) is 16.3. The standard InChI is InChI=1S/C21H26N4O/c1-4-25(5-2)20-18-11-6-7-12-19(18)23-21(24-20)22-14-13-16-9-8-10-17(15-16)26-3/h6-12,15H,4-5,13-14H2,1-3H3,(H,22,23,24). The Hall–Kier alpha value is -2.82. The van der Waals surface area contributed by atoms with Crippen LogP contribution in [0.2, 0.25) is 0 Å². The molecule has 0 aliphatic rings. The van der Waals surface area contributed by atoms with Crippen molar-refractivity contribution in [3.8, 4) is 5.75 Å². The number of ether oxygens (including phenoxy) is 1. The van der Waals surface area contributed by atoms with Gasteiger partial charge in [0.1, 0.15) is 11.6 Å². The number of anilines is 2. The molecular weight excluding hydrogens is 324 g/mol.